The maximum Gasteiger partial charge on any atom is 0.417 e. The molecular weight excluding hydrogens is 401 g/mol. The number of imidazole rings is 1. The first-order valence-electron chi connectivity index (χ1n) is 10.7. The van der Waals surface area contributed by atoms with Crippen LogP contribution in [0.3, 0.4) is 0 Å². The second-order valence-corrected chi connectivity index (χ2v) is 9.26. The Labute approximate surface area is 181 Å². The number of nitrogens with one attached hydrogen (secondary N) is 1. The number of alkyl halides is 3. The summed E-state index contributed by atoms with van der Waals surface area (Å²) in [5.74, 6) is 0. The summed E-state index contributed by atoms with van der Waals surface area (Å²) < 4.78 is 41.8. The minimum atomic E-state index is -4.39. The zero-order valence-corrected chi connectivity index (χ0v) is 18.3. The van der Waals surface area contributed by atoms with Crippen molar-refractivity contribution in [3.8, 4) is 11.3 Å². The Hall–Kier alpha value is -2.38. The van der Waals surface area contributed by atoms with Crippen molar-refractivity contribution in [2.45, 2.75) is 45.3 Å². The highest BCUT2D eigenvalue weighted by Crippen LogP contribution is 2.33. The third kappa shape index (κ3) is 4.77. The molecule has 1 aliphatic heterocycles. The van der Waals surface area contributed by atoms with Crippen LogP contribution in [0.5, 0.6) is 0 Å². The lowest BCUT2D eigenvalue weighted by Crippen LogP contribution is -2.28. The number of rotatable bonds is 3. The van der Waals surface area contributed by atoms with E-state index in [2.05, 4.69) is 43.1 Å². The first kappa shape index (κ1) is 21.8. The number of hydrogen-bond acceptors (Lipinski definition) is 3. The SMILES string of the molecule is CC(C)(C)c1ccc(-c2nc3ccc(C(F)(F)F)cn3c2CN2CCCNCC2)cc1. The lowest BCUT2D eigenvalue weighted by Gasteiger charge is -2.21. The minimum Gasteiger partial charge on any atom is -0.315 e. The molecule has 2 aromatic heterocycles. The number of aromatic nitrogens is 2. The van der Waals surface area contributed by atoms with E-state index in [1.54, 1.807) is 4.40 Å². The molecule has 1 aliphatic rings. The molecule has 0 bridgehead atoms. The summed E-state index contributed by atoms with van der Waals surface area (Å²) in [4.78, 5) is 7.03. The first-order valence-corrected chi connectivity index (χ1v) is 10.7. The molecule has 31 heavy (non-hydrogen) atoms. The van der Waals surface area contributed by atoms with Gasteiger partial charge in [-0.05, 0) is 42.6 Å². The molecule has 7 heteroatoms. The van der Waals surface area contributed by atoms with E-state index in [9.17, 15) is 13.2 Å². The molecule has 3 heterocycles. The first-order chi connectivity index (χ1) is 14.6. The predicted octanol–water partition coefficient (Wildman–Crippen LogP) is 5.11. The minimum absolute atomic E-state index is 0.0287. The highest BCUT2D eigenvalue weighted by molar-refractivity contribution is 5.67. The number of benzene rings is 1. The molecule has 1 aromatic carbocycles. The number of halogens is 3. The average Bonchev–Trinajstić information content (AvgIpc) is 2.86. The van der Waals surface area contributed by atoms with Crippen molar-refractivity contribution < 1.29 is 13.2 Å². The molecule has 0 unspecified atom stereocenters. The second kappa shape index (κ2) is 8.28. The van der Waals surface area contributed by atoms with Crippen LogP contribution in [0, 0.1) is 0 Å². The van der Waals surface area contributed by atoms with Gasteiger partial charge in [-0.25, -0.2) is 4.98 Å². The van der Waals surface area contributed by atoms with E-state index in [1.807, 2.05) is 12.1 Å². The summed E-state index contributed by atoms with van der Waals surface area (Å²) >= 11 is 0. The fourth-order valence-corrected chi connectivity index (χ4v) is 4.04. The third-order valence-corrected chi connectivity index (χ3v) is 5.88. The molecule has 4 rings (SSSR count). The van der Waals surface area contributed by atoms with Gasteiger partial charge in [-0.15, -0.1) is 0 Å². The average molecular weight is 431 g/mol. The van der Waals surface area contributed by atoms with E-state index in [0.717, 1.165) is 55.6 Å². The highest BCUT2D eigenvalue weighted by Gasteiger charge is 2.31. The van der Waals surface area contributed by atoms with Crippen molar-refractivity contribution in [1.29, 1.82) is 0 Å². The van der Waals surface area contributed by atoms with Crippen LogP contribution in [0.15, 0.2) is 42.6 Å². The zero-order chi connectivity index (χ0) is 22.2. The van der Waals surface area contributed by atoms with Gasteiger partial charge in [0.15, 0.2) is 0 Å². The van der Waals surface area contributed by atoms with E-state index < -0.39 is 11.7 Å². The number of fused-ring (bicyclic) bond motifs is 1. The highest BCUT2D eigenvalue weighted by atomic mass is 19.4. The molecule has 0 aliphatic carbocycles. The second-order valence-electron chi connectivity index (χ2n) is 9.26. The van der Waals surface area contributed by atoms with E-state index >= 15 is 0 Å². The van der Waals surface area contributed by atoms with Crippen molar-refractivity contribution in [1.82, 2.24) is 19.6 Å². The summed E-state index contributed by atoms with van der Waals surface area (Å²) in [7, 11) is 0. The van der Waals surface area contributed by atoms with E-state index in [4.69, 9.17) is 4.98 Å². The number of pyridine rings is 1. The van der Waals surface area contributed by atoms with Crippen molar-refractivity contribution >= 4 is 5.65 Å². The van der Waals surface area contributed by atoms with Crippen molar-refractivity contribution in [2.75, 3.05) is 26.2 Å². The number of nitrogens with zero attached hydrogens (tertiary/aromatic N) is 3. The van der Waals surface area contributed by atoms with E-state index in [-0.39, 0.29) is 5.41 Å². The molecule has 0 spiro atoms. The predicted molar refractivity (Wildman–Crippen MR) is 117 cm³/mol. The molecule has 0 saturated carbocycles. The summed E-state index contributed by atoms with van der Waals surface area (Å²) in [6, 6.07) is 10.8. The summed E-state index contributed by atoms with van der Waals surface area (Å²) in [6.07, 6.45) is -2.20. The molecule has 1 fully saturated rings. The van der Waals surface area contributed by atoms with Crippen LogP contribution in [0.4, 0.5) is 13.2 Å². The van der Waals surface area contributed by atoms with Crippen LogP contribution in [0.2, 0.25) is 0 Å². The zero-order valence-electron chi connectivity index (χ0n) is 18.3. The van der Waals surface area contributed by atoms with Crippen molar-refractivity contribution in [3.63, 3.8) is 0 Å². The van der Waals surface area contributed by atoms with Crippen LogP contribution in [0.1, 0.15) is 44.0 Å². The Bertz CT molecular complexity index is 1040. The van der Waals surface area contributed by atoms with Gasteiger partial charge in [0.2, 0.25) is 0 Å². The van der Waals surface area contributed by atoms with Gasteiger partial charge in [0.05, 0.1) is 17.0 Å². The van der Waals surface area contributed by atoms with Crippen LogP contribution in [-0.4, -0.2) is 40.5 Å². The van der Waals surface area contributed by atoms with Gasteiger partial charge in [-0.2, -0.15) is 13.2 Å². The standard InChI is InChI=1S/C24H29F3N4/c1-23(2,3)18-7-5-17(6-8-18)22-20(16-30-13-4-11-28-12-14-30)31-15-19(24(25,26)27)9-10-21(31)29-22/h5-10,15,28H,4,11-14,16H2,1-3H3. The van der Waals surface area contributed by atoms with Crippen LogP contribution in [-0.2, 0) is 18.1 Å². The topological polar surface area (TPSA) is 32.6 Å². The monoisotopic (exact) mass is 430 g/mol. The molecule has 1 N–H and O–H groups in total. The Morgan fingerprint density at radius 1 is 0.935 bits per heavy atom. The van der Waals surface area contributed by atoms with Gasteiger partial charge in [-0.3, -0.25) is 4.90 Å². The Morgan fingerprint density at radius 2 is 1.65 bits per heavy atom. The molecular formula is C24H29F3N4. The fourth-order valence-electron chi connectivity index (χ4n) is 4.04. The maximum atomic E-state index is 13.4. The maximum absolute atomic E-state index is 13.4. The summed E-state index contributed by atoms with van der Waals surface area (Å²) in [5, 5.41) is 3.38. The van der Waals surface area contributed by atoms with E-state index in [0.29, 0.717) is 12.2 Å². The largest absolute Gasteiger partial charge is 0.417 e. The number of hydrogen-bond donors (Lipinski definition) is 1. The Balaban J connectivity index is 1.81. The van der Waals surface area contributed by atoms with Gasteiger partial charge in [-0.1, -0.05) is 45.0 Å². The molecule has 1 saturated heterocycles. The third-order valence-electron chi connectivity index (χ3n) is 5.88. The lowest BCUT2D eigenvalue weighted by molar-refractivity contribution is -0.137. The molecule has 3 aromatic rings. The van der Waals surface area contributed by atoms with Gasteiger partial charge in [0.1, 0.15) is 5.65 Å². The van der Waals surface area contributed by atoms with Crippen molar-refractivity contribution in [3.05, 3.63) is 59.4 Å². The normalized spacial score (nSPS) is 16.6. The molecule has 0 radical (unpaired) electrons. The Kier molecular flexibility index (Phi) is 5.83. The van der Waals surface area contributed by atoms with Gasteiger partial charge >= 0.3 is 6.18 Å². The lowest BCUT2D eigenvalue weighted by atomic mass is 9.86. The quantitative estimate of drug-likeness (QED) is 0.627. The molecule has 0 amide bonds. The van der Waals surface area contributed by atoms with E-state index in [1.165, 1.54) is 17.8 Å². The Morgan fingerprint density at radius 3 is 2.32 bits per heavy atom. The molecule has 0 atom stereocenters. The van der Waals surface area contributed by atoms with Gasteiger partial charge in [0.25, 0.3) is 0 Å². The molecule has 166 valence electrons. The van der Waals surface area contributed by atoms with Crippen LogP contribution in [0.25, 0.3) is 16.9 Å². The fraction of sp³-hybridized carbons (Fsp3) is 0.458. The van der Waals surface area contributed by atoms with Gasteiger partial charge < -0.3 is 9.72 Å². The van der Waals surface area contributed by atoms with Crippen LogP contribution >= 0.6 is 0 Å². The van der Waals surface area contributed by atoms with Gasteiger partial charge in [0, 0.05) is 31.4 Å². The van der Waals surface area contributed by atoms with Crippen LogP contribution < -0.4 is 5.32 Å². The molecule has 4 nitrogen and oxygen atoms in total. The smallest absolute Gasteiger partial charge is 0.315 e. The summed E-state index contributed by atoms with van der Waals surface area (Å²) in [6.45, 7) is 10.6. The van der Waals surface area contributed by atoms with Crippen molar-refractivity contribution in [2.24, 2.45) is 0 Å². The summed E-state index contributed by atoms with van der Waals surface area (Å²) in [5.41, 5.74) is 3.58.